The van der Waals surface area contributed by atoms with Crippen LogP contribution >= 0.6 is 15.9 Å². The van der Waals surface area contributed by atoms with Crippen molar-refractivity contribution in [1.82, 2.24) is 15.5 Å². The van der Waals surface area contributed by atoms with Crippen molar-refractivity contribution in [3.63, 3.8) is 0 Å². The number of benzene rings is 1. The van der Waals surface area contributed by atoms with Gasteiger partial charge in [-0.2, -0.15) is 0 Å². The molecule has 1 heterocycles. The minimum Gasteiger partial charge on any atom is -0.353 e. The molecule has 0 bridgehead atoms. The molecule has 0 aromatic heterocycles. The van der Waals surface area contributed by atoms with E-state index >= 15 is 0 Å². The van der Waals surface area contributed by atoms with E-state index in [1.807, 2.05) is 0 Å². The maximum Gasteiger partial charge on any atom is 0.252 e. The fourth-order valence-electron chi connectivity index (χ4n) is 2.12. The highest BCUT2D eigenvalue weighted by Gasteiger charge is 2.29. The molecule has 1 saturated heterocycles. The summed E-state index contributed by atoms with van der Waals surface area (Å²) in [7, 11) is 0. The average Bonchev–Trinajstić information content (AvgIpc) is 2.47. The normalized spacial score (nSPS) is 18.1. The van der Waals surface area contributed by atoms with Gasteiger partial charge in [-0.15, -0.1) is 0 Å². The van der Waals surface area contributed by atoms with Gasteiger partial charge in [-0.05, 0) is 35.0 Å². The Hall–Kier alpha value is -1.89. The lowest BCUT2D eigenvalue weighted by molar-refractivity contribution is -0.141. The second kappa shape index (κ2) is 6.71. The lowest BCUT2D eigenvalue weighted by Crippen LogP contribution is -2.57. The monoisotopic (exact) mass is 353 g/mol. The highest BCUT2D eigenvalue weighted by atomic mass is 79.9. The lowest BCUT2D eigenvalue weighted by Gasteiger charge is -2.32. The van der Waals surface area contributed by atoms with Crippen LogP contribution in [-0.2, 0) is 9.59 Å². The number of hydrogen-bond donors (Lipinski definition) is 2. The Kier molecular flexibility index (Phi) is 4.95. The number of amides is 3. The van der Waals surface area contributed by atoms with Gasteiger partial charge in [0.15, 0.2) is 0 Å². The Morgan fingerprint density at radius 3 is 2.86 bits per heavy atom. The van der Waals surface area contributed by atoms with Crippen molar-refractivity contribution in [1.29, 1.82) is 0 Å². The summed E-state index contributed by atoms with van der Waals surface area (Å²) in [5.41, 5.74) is 0.467. The standard InChI is InChI=1S/C14H16BrN3O3/c1-9-13(20)16-6-7-18(9)12(19)8-17-14(21)10-4-2-3-5-11(10)15/h2-5,9H,6-8H2,1H3,(H,16,20)(H,17,21). The quantitative estimate of drug-likeness (QED) is 0.831. The summed E-state index contributed by atoms with van der Waals surface area (Å²) >= 11 is 3.29. The summed E-state index contributed by atoms with van der Waals surface area (Å²) in [4.78, 5) is 37.1. The van der Waals surface area contributed by atoms with Crippen LogP contribution in [0.1, 0.15) is 17.3 Å². The van der Waals surface area contributed by atoms with Gasteiger partial charge < -0.3 is 15.5 Å². The number of piperazine rings is 1. The molecule has 0 aliphatic carbocycles. The SMILES string of the molecule is CC1C(=O)NCCN1C(=O)CNC(=O)c1ccccc1Br. The molecule has 1 aliphatic rings. The van der Waals surface area contributed by atoms with Gasteiger partial charge in [0.05, 0.1) is 12.1 Å². The van der Waals surface area contributed by atoms with Crippen LogP contribution in [0, 0.1) is 0 Å². The van der Waals surface area contributed by atoms with Crippen molar-refractivity contribution in [2.24, 2.45) is 0 Å². The van der Waals surface area contributed by atoms with Crippen molar-refractivity contribution in [2.45, 2.75) is 13.0 Å². The van der Waals surface area contributed by atoms with Gasteiger partial charge >= 0.3 is 0 Å². The number of halogens is 1. The van der Waals surface area contributed by atoms with E-state index < -0.39 is 6.04 Å². The topological polar surface area (TPSA) is 78.5 Å². The molecule has 21 heavy (non-hydrogen) atoms. The summed E-state index contributed by atoms with van der Waals surface area (Å²) < 4.78 is 0.667. The minimum absolute atomic E-state index is 0.127. The third-order valence-corrected chi connectivity index (χ3v) is 4.03. The first-order chi connectivity index (χ1) is 10.0. The predicted molar refractivity (Wildman–Crippen MR) is 80.7 cm³/mol. The van der Waals surface area contributed by atoms with Gasteiger partial charge in [0, 0.05) is 17.6 Å². The number of nitrogens with one attached hydrogen (secondary N) is 2. The van der Waals surface area contributed by atoms with Crippen LogP contribution in [0.2, 0.25) is 0 Å². The molecule has 1 aromatic rings. The first-order valence-corrected chi connectivity index (χ1v) is 7.40. The number of carbonyl (C=O) groups is 3. The first kappa shape index (κ1) is 15.5. The summed E-state index contributed by atoms with van der Waals surface area (Å²) in [5, 5.41) is 5.27. The zero-order valence-electron chi connectivity index (χ0n) is 11.6. The summed E-state index contributed by atoms with van der Waals surface area (Å²) in [6.07, 6.45) is 0. The molecule has 1 unspecified atom stereocenters. The van der Waals surface area contributed by atoms with Gasteiger partial charge in [0.1, 0.15) is 6.04 Å². The molecule has 1 fully saturated rings. The Morgan fingerprint density at radius 2 is 2.14 bits per heavy atom. The predicted octanol–water partition coefficient (Wildman–Crippen LogP) is 0.526. The van der Waals surface area contributed by atoms with E-state index in [1.165, 1.54) is 4.90 Å². The van der Waals surface area contributed by atoms with E-state index in [-0.39, 0.29) is 24.3 Å². The van der Waals surface area contributed by atoms with E-state index in [0.29, 0.717) is 23.1 Å². The zero-order valence-corrected chi connectivity index (χ0v) is 13.1. The molecule has 2 N–H and O–H groups in total. The summed E-state index contributed by atoms with van der Waals surface area (Å²) in [6, 6.07) is 6.47. The number of rotatable bonds is 3. The smallest absolute Gasteiger partial charge is 0.252 e. The van der Waals surface area contributed by atoms with E-state index in [4.69, 9.17) is 0 Å². The molecule has 1 atom stereocenters. The molecule has 2 rings (SSSR count). The van der Waals surface area contributed by atoms with Crippen molar-refractivity contribution >= 4 is 33.7 Å². The van der Waals surface area contributed by atoms with E-state index in [0.717, 1.165) is 0 Å². The van der Waals surface area contributed by atoms with Crippen molar-refractivity contribution in [3.8, 4) is 0 Å². The van der Waals surface area contributed by atoms with Crippen LogP contribution in [0.4, 0.5) is 0 Å². The fourth-order valence-corrected chi connectivity index (χ4v) is 2.59. The molecule has 1 aliphatic heterocycles. The molecule has 1 aromatic carbocycles. The van der Waals surface area contributed by atoms with Gasteiger partial charge in [0.2, 0.25) is 11.8 Å². The highest BCUT2D eigenvalue weighted by Crippen LogP contribution is 2.15. The number of nitrogens with zero attached hydrogens (tertiary/aromatic N) is 1. The van der Waals surface area contributed by atoms with E-state index in [9.17, 15) is 14.4 Å². The van der Waals surface area contributed by atoms with Crippen molar-refractivity contribution in [3.05, 3.63) is 34.3 Å². The lowest BCUT2D eigenvalue weighted by atomic mass is 10.2. The Balaban J connectivity index is 1.93. The summed E-state index contributed by atoms with van der Waals surface area (Å²) in [6.45, 7) is 2.43. The molecule has 6 nitrogen and oxygen atoms in total. The molecule has 3 amide bonds. The van der Waals surface area contributed by atoms with Gasteiger partial charge in [-0.3, -0.25) is 14.4 Å². The molecule has 0 radical (unpaired) electrons. The van der Waals surface area contributed by atoms with Gasteiger partial charge in [-0.25, -0.2) is 0 Å². The van der Waals surface area contributed by atoms with Crippen LogP contribution in [-0.4, -0.2) is 48.3 Å². The fraction of sp³-hybridized carbons (Fsp3) is 0.357. The molecule has 0 saturated carbocycles. The second-order valence-corrected chi connectivity index (χ2v) is 5.57. The maximum atomic E-state index is 12.1. The molecule has 0 spiro atoms. The van der Waals surface area contributed by atoms with Crippen LogP contribution in [0.3, 0.4) is 0 Å². The summed E-state index contributed by atoms with van der Waals surface area (Å²) in [5.74, 6) is -0.769. The van der Waals surface area contributed by atoms with E-state index in [2.05, 4.69) is 26.6 Å². The molecular weight excluding hydrogens is 338 g/mol. The van der Waals surface area contributed by atoms with Crippen LogP contribution < -0.4 is 10.6 Å². The minimum atomic E-state index is -0.508. The van der Waals surface area contributed by atoms with Crippen LogP contribution in [0.15, 0.2) is 28.7 Å². The Labute approximate surface area is 131 Å². The van der Waals surface area contributed by atoms with Crippen LogP contribution in [0.5, 0.6) is 0 Å². The zero-order chi connectivity index (χ0) is 15.4. The van der Waals surface area contributed by atoms with Crippen LogP contribution in [0.25, 0.3) is 0 Å². The third kappa shape index (κ3) is 3.60. The van der Waals surface area contributed by atoms with E-state index in [1.54, 1.807) is 31.2 Å². The van der Waals surface area contributed by atoms with Gasteiger partial charge in [0.25, 0.3) is 5.91 Å². The number of hydrogen-bond acceptors (Lipinski definition) is 3. The number of carbonyl (C=O) groups excluding carboxylic acids is 3. The molecule has 7 heteroatoms. The highest BCUT2D eigenvalue weighted by molar-refractivity contribution is 9.10. The molecule has 112 valence electrons. The average molecular weight is 354 g/mol. The third-order valence-electron chi connectivity index (χ3n) is 3.34. The molecular formula is C14H16BrN3O3. The largest absolute Gasteiger partial charge is 0.353 e. The van der Waals surface area contributed by atoms with Crippen molar-refractivity contribution in [2.75, 3.05) is 19.6 Å². The maximum absolute atomic E-state index is 12.1. The van der Waals surface area contributed by atoms with Gasteiger partial charge in [-0.1, -0.05) is 12.1 Å². The first-order valence-electron chi connectivity index (χ1n) is 6.60. The second-order valence-electron chi connectivity index (χ2n) is 4.72. The van der Waals surface area contributed by atoms with Crippen molar-refractivity contribution < 1.29 is 14.4 Å². The Morgan fingerprint density at radius 1 is 1.43 bits per heavy atom. The Bertz CT molecular complexity index is 576.